The van der Waals surface area contributed by atoms with Crippen molar-refractivity contribution in [2.45, 2.75) is 37.5 Å². The molecule has 0 saturated carbocycles. The summed E-state index contributed by atoms with van der Waals surface area (Å²) in [5.41, 5.74) is 0. The highest BCUT2D eigenvalue weighted by Crippen LogP contribution is 2.17. The van der Waals surface area contributed by atoms with E-state index < -0.39 is 10.0 Å². The zero-order valence-corrected chi connectivity index (χ0v) is 15.5. The quantitative estimate of drug-likeness (QED) is 0.695. The first-order chi connectivity index (χ1) is 10.5. The van der Waals surface area contributed by atoms with Crippen LogP contribution in [0.1, 0.15) is 32.6 Å². The maximum atomic E-state index is 12.1. The smallest absolute Gasteiger partial charge is 0.240 e. The van der Waals surface area contributed by atoms with Gasteiger partial charge in [0.15, 0.2) is 0 Å². The second-order valence-corrected chi connectivity index (χ2v) is 8.79. The van der Waals surface area contributed by atoms with Crippen LogP contribution in [0.2, 0.25) is 0 Å². The van der Waals surface area contributed by atoms with E-state index >= 15 is 0 Å². The van der Waals surface area contributed by atoms with Crippen LogP contribution >= 0.6 is 15.9 Å². The first-order valence-electron chi connectivity index (χ1n) is 7.95. The Hall–Kier alpha value is -0.430. The molecule has 1 heterocycles. The van der Waals surface area contributed by atoms with Crippen LogP contribution in [0, 0.1) is 5.92 Å². The van der Waals surface area contributed by atoms with Gasteiger partial charge in [-0.15, -0.1) is 0 Å². The molecule has 1 atom stereocenters. The number of benzene rings is 1. The number of nitrogens with one attached hydrogen (secondary N) is 1. The molecule has 0 amide bonds. The van der Waals surface area contributed by atoms with Gasteiger partial charge in [-0.05, 0) is 56.5 Å². The average molecular weight is 389 g/mol. The Morgan fingerprint density at radius 2 is 2.14 bits per heavy atom. The van der Waals surface area contributed by atoms with Gasteiger partial charge < -0.3 is 4.90 Å². The maximum absolute atomic E-state index is 12.1. The molecule has 0 bridgehead atoms. The lowest BCUT2D eigenvalue weighted by Crippen LogP contribution is -2.25. The zero-order valence-electron chi connectivity index (χ0n) is 13.1. The van der Waals surface area contributed by atoms with Crippen molar-refractivity contribution < 1.29 is 8.42 Å². The van der Waals surface area contributed by atoms with Crippen LogP contribution < -0.4 is 4.72 Å². The maximum Gasteiger partial charge on any atom is 0.240 e. The molecular formula is C16H25BrN2O2S. The second kappa shape index (κ2) is 8.43. The molecule has 1 fully saturated rings. The fourth-order valence-corrected chi connectivity index (χ4v) is 4.46. The summed E-state index contributed by atoms with van der Waals surface area (Å²) in [5, 5.41) is 0. The molecule has 1 aliphatic rings. The number of unbranched alkanes of at least 4 members (excludes halogenated alkanes) is 2. The van der Waals surface area contributed by atoms with Crippen molar-refractivity contribution in [1.29, 1.82) is 0 Å². The van der Waals surface area contributed by atoms with E-state index in [-0.39, 0.29) is 0 Å². The predicted octanol–water partition coefficient (Wildman–Crippen LogP) is 3.24. The van der Waals surface area contributed by atoms with E-state index in [1.165, 1.54) is 19.5 Å². The number of rotatable bonds is 8. The molecule has 0 spiro atoms. The number of likely N-dealkylation sites (tertiary alicyclic amines) is 1. The van der Waals surface area contributed by atoms with Crippen molar-refractivity contribution in [2.24, 2.45) is 5.92 Å². The lowest BCUT2D eigenvalue weighted by Gasteiger charge is -2.14. The third-order valence-electron chi connectivity index (χ3n) is 4.06. The van der Waals surface area contributed by atoms with Crippen molar-refractivity contribution in [1.82, 2.24) is 9.62 Å². The number of sulfonamides is 1. The molecule has 0 aliphatic carbocycles. The number of nitrogens with zero attached hydrogens (tertiary/aromatic N) is 1. The fraction of sp³-hybridized carbons (Fsp3) is 0.625. The molecule has 22 heavy (non-hydrogen) atoms. The molecule has 4 nitrogen and oxygen atoms in total. The van der Waals surface area contributed by atoms with Gasteiger partial charge in [-0.1, -0.05) is 35.3 Å². The van der Waals surface area contributed by atoms with E-state index in [2.05, 4.69) is 32.5 Å². The third kappa shape index (κ3) is 5.65. The van der Waals surface area contributed by atoms with Crippen LogP contribution in [0.4, 0.5) is 0 Å². The number of hydrogen-bond acceptors (Lipinski definition) is 3. The van der Waals surface area contributed by atoms with E-state index in [9.17, 15) is 8.42 Å². The summed E-state index contributed by atoms with van der Waals surface area (Å²) in [6.07, 6.45) is 4.40. The van der Waals surface area contributed by atoms with Gasteiger partial charge in [0.25, 0.3) is 0 Å². The minimum atomic E-state index is -3.38. The van der Waals surface area contributed by atoms with Crippen LogP contribution in [0.25, 0.3) is 0 Å². The van der Waals surface area contributed by atoms with Crippen molar-refractivity contribution in [3.8, 4) is 0 Å². The molecule has 1 aromatic carbocycles. The summed E-state index contributed by atoms with van der Waals surface area (Å²) in [6, 6.07) is 6.78. The summed E-state index contributed by atoms with van der Waals surface area (Å²) in [4.78, 5) is 2.82. The van der Waals surface area contributed by atoms with Crippen molar-refractivity contribution in [3.63, 3.8) is 0 Å². The molecule has 1 N–H and O–H groups in total. The van der Waals surface area contributed by atoms with Crippen LogP contribution in [0.5, 0.6) is 0 Å². The van der Waals surface area contributed by atoms with Crippen molar-refractivity contribution in [3.05, 3.63) is 28.7 Å². The van der Waals surface area contributed by atoms with E-state index in [1.54, 1.807) is 18.2 Å². The summed E-state index contributed by atoms with van der Waals surface area (Å²) < 4.78 is 27.7. The molecule has 0 aromatic heterocycles. The molecule has 1 saturated heterocycles. The first kappa shape index (κ1) is 17.9. The Labute approximate surface area is 142 Å². The first-order valence-corrected chi connectivity index (χ1v) is 10.2. The summed E-state index contributed by atoms with van der Waals surface area (Å²) in [6.45, 7) is 6.39. The molecule has 6 heteroatoms. The minimum Gasteiger partial charge on any atom is -0.303 e. The lowest BCUT2D eigenvalue weighted by molar-refractivity contribution is 0.318. The van der Waals surface area contributed by atoms with Crippen LogP contribution in [-0.4, -0.2) is 39.5 Å². The highest BCUT2D eigenvalue weighted by molar-refractivity contribution is 9.10. The summed E-state index contributed by atoms with van der Waals surface area (Å²) in [7, 11) is -3.38. The van der Waals surface area contributed by atoms with E-state index in [1.807, 2.05) is 6.07 Å². The van der Waals surface area contributed by atoms with Gasteiger partial charge in [-0.2, -0.15) is 0 Å². The highest BCUT2D eigenvalue weighted by Gasteiger charge is 2.17. The van der Waals surface area contributed by atoms with Gasteiger partial charge in [0, 0.05) is 17.6 Å². The van der Waals surface area contributed by atoms with Crippen LogP contribution in [-0.2, 0) is 10.0 Å². The van der Waals surface area contributed by atoms with E-state index in [0.717, 1.165) is 36.2 Å². The van der Waals surface area contributed by atoms with Gasteiger partial charge in [0.1, 0.15) is 0 Å². The Balaban J connectivity index is 1.64. The average Bonchev–Trinajstić information content (AvgIpc) is 2.88. The van der Waals surface area contributed by atoms with Gasteiger partial charge >= 0.3 is 0 Å². The molecule has 1 aliphatic heterocycles. The molecule has 0 radical (unpaired) electrons. The Morgan fingerprint density at radius 1 is 1.32 bits per heavy atom. The Kier molecular flexibility index (Phi) is 6.87. The van der Waals surface area contributed by atoms with Crippen LogP contribution in [0.15, 0.2) is 33.6 Å². The highest BCUT2D eigenvalue weighted by atomic mass is 79.9. The second-order valence-electron chi connectivity index (χ2n) is 6.11. The van der Waals surface area contributed by atoms with Gasteiger partial charge in [-0.3, -0.25) is 0 Å². The Bertz CT molecular complexity index is 577. The normalized spacial score (nSPS) is 19.6. The molecule has 2 rings (SSSR count). The van der Waals surface area contributed by atoms with Crippen LogP contribution in [0.3, 0.4) is 0 Å². The molecular weight excluding hydrogens is 364 g/mol. The third-order valence-corrected chi connectivity index (χ3v) is 6.01. The summed E-state index contributed by atoms with van der Waals surface area (Å²) >= 11 is 3.30. The lowest BCUT2D eigenvalue weighted by atomic mass is 10.2. The Morgan fingerprint density at radius 3 is 2.82 bits per heavy atom. The largest absolute Gasteiger partial charge is 0.303 e. The number of hydrogen-bond donors (Lipinski definition) is 1. The van der Waals surface area contributed by atoms with Gasteiger partial charge in [-0.25, -0.2) is 13.1 Å². The molecule has 1 aromatic rings. The van der Waals surface area contributed by atoms with Crippen molar-refractivity contribution in [2.75, 3.05) is 26.2 Å². The monoisotopic (exact) mass is 388 g/mol. The number of halogens is 1. The SMILES string of the molecule is C[C@H]1CCN(CCCCCNS(=O)(=O)c2cccc(Br)c2)C1. The van der Waals surface area contributed by atoms with E-state index in [0.29, 0.717) is 11.4 Å². The zero-order chi connectivity index (χ0) is 16.0. The van der Waals surface area contributed by atoms with Gasteiger partial charge in [0.2, 0.25) is 10.0 Å². The molecule has 124 valence electrons. The van der Waals surface area contributed by atoms with E-state index in [4.69, 9.17) is 0 Å². The standard InChI is InChI=1S/C16H25BrN2O2S/c1-14-8-11-19(13-14)10-4-2-3-9-18-22(20,21)16-7-5-6-15(17)12-16/h5-7,12,14,18H,2-4,8-11,13H2,1H3/t14-/m0/s1. The van der Waals surface area contributed by atoms with Gasteiger partial charge in [0.05, 0.1) is 4.90 Å². The predicted molar refractivity (Wildman–Crippen MR) is 93.4 cm³/mol. The minimum absolute atomic E-state index is 0.313. The molecule has 0 unspecified atom stereocenters. The summed E-state index contributed by atoms with van der Waals surface area (Å²) in [5.74, 6) is 0.831. The fourth-order valence-electron chi connectivity index (χ4n) is 2.79. The topological polar surface area (TPSA) is 49.4 Å². The van der Waals surface area contributed by atoms with Crippen molar-refractivity contribution >= 4 is 26.0 Å².